The summed E-state index contributed by atoms with van der Waals surface area (Å²) in [5.74, 6) is -0.707. The number of aromatic nitrogens is 2. The van der Waals surface area contributed by atoms with Crippen LogP contribution in [-0.2, 0) is 16.1 Å². The number of ether oxygens (including phenoxy) is 1. The topological polar surface area (TPSA) is 70.1 Å². The second kappa shape index (κ2) is 4.81. The fourth-order valence-electron chi connectivity index (χ4n) is 1.68. The number of imidazole rings is 1. The van der Waals surface area contributed by atoms with E-state index < -0.39 is 5.82 Å². The van der Waals surface area contributed by atoms with E-state index in [0.717, 1.165) is 0 Å². The van der Waals surface area contributed by atoms with Crippen molar-refractivity contribution in [1.29, 1.82) is 0 Å². The van der Waals surface area contributed by atoms with E-state index in [1.165, 1.54) is 19.2 Å². The number of carbonyl (C=O) groups excluding carboxylic acids is 1. The monoisotopic (exact) mass is 271 g/mol. The van der Waals surface area contributed by atoms with Gasteiger partial charge in [-0.3, -0.25) is 4.79 Å². The number of nitrogens with zero attached hydrogens (tertiary/aromatic N) is 2. The van der Waals surface area contributed by atoms with E-state index in [2.05, 4.69) is 9.72 Å². The number of nitrogen functional groups attached to an aromatic ring is 1. The second-order valence-electron chi connectivity index (χ2n) is 3.70. The molecule has 0 spiro atoms. The third-order valence-electron chi connectivity index (χ3n) is 2.59. The van der Waals surface area contributed by atoms with Crippen LogP contribution in [0.1, 0.15) is 6.42 Å². The second-order valence-corrected chi connectivity index (χ2v) is 4.11. The molecule has 0 bridgehead atoms. The maximum atomic E-state index is 13.3. The van der Waals surface area contributed by atoms with Gasteiger partial charge in [0.2, 0.25) is 5.95 Å². The number of carbonyl (C=O) groups is 1. The third kappa shape index (κ3) is 2.24. The average Bonchev–Trinajstić information content (AvgIpc) is 2.62. The maximum Gasteiger partial charge on any atom is 0.307 e. The molecule has 0 radical (unpaired) electrons. The highest BCUT2D eigenvalue weighted by molar-refractivity contribution is 6.31. The minimum atomic E-state index is -0.554. The summed E-state index contributed by atoms with van der Waals surface area (Å²) < 4.78 is 19.4. The highest BCUT2D eigenvalue weighted by Crippen LogP contribution is 2.24. The average molecular weight is 272 g/mol. The largest absolute Gasteiger partial charge is 0.469 e. The Morgan fingerprint density at radius 2 is 2.33 bits per heavy atom. The van der Waals surface area contributed by atoms with E-state index in [0.29, 0.717) is 17.6 Å². The smallest absolute Gasteiger partial charge is 0.307 e. The predicted molar refractivity (Wildman–Crippen MR) is 65.7 cm³/mol. The molecule has 0 fully saturated rings. The summed E-state index contributed by atoms with van der Waals surface area (Å²) in [6.07, 6.45) is 0.154. The van der Waals surface area contributed by atoms with Gasteiger partial charge in [-0.1, -0.05) is 11.6 Å². The van der Waals surface area contributed by atoms with Crippen molar-refractivity contribution in [3.05, 3.63) is 23.0 Å². The number of hydrogen-bond donors (Lipinski definition) is 1. The molecule has 0 aliphatic rings. The SMILES string of the molecule is COC(=O)CCn1c(N)nc2cc(F)c(Cl)cc21. The summed E-state index contributed by atoms with van der Waals surface area (Å²) >= 11 is 5.71. The molecule has 2 rings (SSSR count). The number of hydrogen-bond acceptors (Lipinski definition) is 4. The van der Waals surface area contributed by atoms with Crippen LogP contribution in [-0.4, -0.2) is 22.6 Å². The van der Waals surface area contributed by atoms with Gasteiger partial charge in [0.25, 0.3) is 0 Å². The van der Waals surface area contributed by atoms with Gasteiger partial charge in [0, 0.05) is 12.6 Å². The summed E-state index contributed by atoms with van der Waals surface area (Å²) in [5.41, 5.74) is 6.70. The Labute approximate surface area is 107 Å². The van der Waals surface area contributed by atoms with Gasteiger partial charge < -0.3 is 15.0 Å². The van der Waals surface area contributed by atoms with Gasteiger partial charge in [-0.05, 0) is 6.07 Å². The Morgan fingerprint density at radius 1 is 1.61 bits per heavy atom. The van der Waals surface area contributed by atoms with Crippen molar-refractivity contribution in [1.82, 2.24) is 9.55 Å². The molecule has 2 aromatic rings. The fourth-order valence-corrected chi connectivity index (χ4v) is 1.84. The van der Waals surface area contributed by atoms with Gasteiger partial charge in [0.1, 0.15) is 5.82 Å². The van der Waals surface area contributed by atoms with Gasteiger partial charge >= 0.3 is 5.97 Å². The summed E-state index contributed by atoms with van der Waals surface area (Å²) in [5, 5.41) is -0.0123. The first kappa shape index (κ1) is 12.6. The third-order valence-corrected chi connectivity index (χ3v) is 2.88. The normalized spacial score (nSPS) is 10.8. The van der Waals surface area contributed by atoms with Crippen molar-refractivity contribution in [2.75, 3.05) is 12.8 Å². The Morgan fingerprint density at radius 3 is 3.00 bits per heavy atom. The molecule has 96 valence electrons. The van der Waals surface area contributed by atoms with Crippen LogP contribution in [0.15, 0.2) is 12.1 Å². The molecule has 1 aromatic carbocycles. The Kier molecular flexibility index (Phi) is 3.38. The number of nitrogens with two attached hydrogens (primary N) is 1. The molecule has 1 heterocycles. The molecular formula is C11H11ClFN3O2. The van der Waals surface area contributed by atoms with Crippen molar-refractivity contribution in [2.45, 2.75) is 13.0 Å². The molecule has 7 heteroatoms. The lowest BCUT2D eigenvalue weighted by Crippen LogP contribution is -2.09. The first-order valence-electron chi connectivity index (χ1n) is 5.20. The molecule has 5 nitrogen and oxygen atoms in total. The van der Waals surface area contributed by atoms with Crippen molar-refractivity contribution in [3.63, 3.8) is 0 Å². The minimum Gasteiger partial charge on any atom is -0.469 e. The highest BCUT2D eigenvalue weighted by atomic mass is 35.5. The Hall–Kier alpha value is -1.82. The molecule has 0 saturated heterocycles. The zero-order valence-corrected chi connectivity index (χ0v) is 10.4. The standard InChI is InChI=1S/C11H11ClFN3O2/c1-18-10(17)2-3-16-9-4-6(12)7(13)5-8(9)15-11(16)14/h4-5H,2-3H2,1H3,(H2,14,15). The van der Waals surface area contributed by atoms with E-state index in [1.807, 2.05) is 0 Å². The van der Waals surface area contributed by atoms with E-state index in [4.69, 9.17) is 17.3 Å². The minimum absolute atomic E-state index is 0.0123. The number of benzene rings is 1. The van der Waals surface area contributed by atoms with Gasteiger partial charge in [0.05, 0.1) is 29.6 Å². The first-order valence-corrected chi connectivity index (χ1v) is 5.58. The molecule has 0 aliphatic heterocycles. The number of fused-ring (bicyclic) bond motifs is 1. The maximum absolute atomic E-state index is 13.3. The molecular weight excluding hydrogens is 261 g/mol. The van der Waals surface area contributed by atoms with E-state index >= 15 is 0 Å². The van der Waals surface area contributed by atoms with Crippen LogP contribution in [0.5, 0.6) is 0 Å². The van der Waals surface area contributed by atoms with Crippen molar-refractivity contribution in [2.24, 2.45) is 0 Å². The van der Waals surface area contributed by atoms with Crippen molar-refractivity contribution < 1.29 is 13.9 Å². The lowest BCUT2D eigenvalue weighted by atomic mass is 10.3. The number of esters is 1. The lowest BCUT2D eigenvalue weighted by molar-refractivity contribution is -0.140. The van der Waals surface area contributed by atoms with Crippen LogP contribution >= 0.6 is 11.6 Å². The fraction of sp³-hybridized carbons (Fsp3) is 0.273. The predicted octanol–water partition coefficient (Wildman–Crippen LogP) is 1.97. The van der Waals surface area contributed by atoms with Crippen LogP contribution in [0.4, 0.5) is 10.3 Å². The van der Waals surface area contributed by atoms with Gasteiger partial charge in [-0.15, -0.1) is 0 Å². The lowest BCUT2D eigenvalue weighted by Gasteiger charge is -2.05. The van der Waals surface area contributed by atoms with Gasteiger partial charge in [-0.25, -0.2) is 9.37 Å². The Balaban J connectivity index is 2.40. The molecule has 0 aliphatic carbocycles. The van der Waals surface area contributed by atoms with Crippen LogP contribution in [0.3, 0.4) is 0 Å². The van der Waals surface area contributed by atoms with E-state index in [-0.39, 0.29) is 23.4 Å². The van der Waals surface area contributed by atoms with E-state index in [1.54, 1.807) is 4.57 Å². The van der Waals surface area contributed by atoms with Gasteiger partial charge in [0.15, 0.2) is 0 Å². The summed E-state index contributed by atoms with van der Waals surface area (Å²) in [6, 6.07) is 2.65. The quantitative estimate of drug-likeness (QED) is 0.867. The van der Waals surface area contributed by atoms with Crippen LogP contribution < -0.4 is 5.73 Å². The van der Waals surface area contributed by atoms with Crippen molar-refractivity contribution >= 4 is 34.6 Å². The number of methoxy groups -OCH3 is 1. The molecule has 0 atom stereocenters. The molecule has 2 N–H and O–H groups in total. The summed E-state index contributed by atoms with van der Waals surface area (Å²) in [7, 11) is 1.31. The molecule has 0 saturated carbocycles. The summed E-state index contributed by atoms with van der Waals surface area (Å²) in [6.45, 7) is 0.303. The zero-order valence-electron chi connectivity index (χ0n) is 9.61. The number of halogens is 2. The Bertz CT molecular complexity index is 612. The molecule has 0 unspecified atom stereocenters. The van der Waals surface area contributed by atoms with E-state index in [9.17, 15) is 9.18 Å². The molecule has 0 amide bonds. The highest BCUT2D eigenvalue weighted by Gasteiger charge is 2.12. The number of rotatable bonds is 3. The number of aryl methyl sites for hydroxylation is 1. The zero-order chi connectivity index (χ0) is 13.3. The van der Waals surface area contributed by atoms with Crippen molar-refractivity contribution in [3.8, 4) is 0 Å². The summed E-state index contributed by atoms with van der Waals surface area (Å²) in [4.78, 5) is 15.1. The molecule has 1 aromatic heterocycles. The van der Waals surface area contributed by atoms with Gasteiger partial charge in [-0.2, -0.15) is 0 Å². The van der Waals surface area contributed by atoms with Crippen LogP contribution in [0.2, 0.25) is 5.02 Å². The first-order chi connectivity index (χ1) is 8.52. The molecule has 18 heavy (non-hydrogen) atoms. The number of anilines is 1. The van der Waals surface area contributed by atoms with Crippen LogP contribution in [0, 0.1) is 5.82 Å². The van der Waals surface area contributed by atoms with Crippen LogP contribution in [0.25, 0.3) is 11.0 Å².